The SMILES string of the molecule is Cc1cc(CO)ccc1C#CCCS. The van der Waals surface area contributed by atoms with Crippen LogP contribution in [0.3, 0.4) is 0 Å². The molecule has 1 aromatic carbocycles. The minimum atomic E-state index is 0.0885. The van der Waals surface area contributed by atoms with E-state index >= 15 is 0 Å². The highest BCUT2D eigenvalue weighted by Crippen LogP contribution is 2.09. The van der Waals surface area contributed by atoms with E-state index in [4.69, 9.17) is 5.11 Å². The summed E-state index contributed by atoms with van der Waals surface area (Å²) in [6.07, 6.45) is 0.810. The van der Waals surface area contributed by atoms with Gasteiger partial charge in [0.05, 0.1) is 6.61 Å². The average molecular weight is 206 g/mol. The standard InChI is InChI=1S/C12H14OS/c1-10-8-11(9-13)5-6-12(10)4-2-3-7-14/h5-6,8,13-14H,3,7,9H2,1H3. The number of aliphatic hydroxyl groups is 1. The maximum absolute atomic E-state index is 8.92. The Bertz CT molecular complexity index is 360. The van der Waals surface area contributed by atoms with Gasteiger partial charge in [-0.1, -0.05) is 24.0 Å². The summed E-state index contributed by atoms with van der Waals surface area (Å²) in [4.78, 5) is 0. The van der Waals surface area contributed by atoms with Gasteiger partial charge >= 0.3 is 0 Å². The fourth-order valence-electron chi connectivity index (χ4n) is 1.18. The van der Waals surface area contributed by atoms with Crippen molar-refractivity contribution in [3.05, 3.63) is 34.9 Å². The third-order valence-electron chi connectivity index (χ3n) is 1.93. The first kappa shape index (κ1) is 11.2. The van der Waals surface area contributed by atoms with Gasteiger partial charge in [-0.2, -0.15) is 12.6 Å². The maximum Gasteiger partial charge on any atom is 0.0681 e. The topological polar surface area (TPSA) is 20.2 Å². The molecule has 0 saturated carbocycles. The summed E-state index contributed by atoms with van der Waals surface area (Å²) in [6.45, 7) is 2.09. The molecule has 1 nitrogen and oxygen atoms in total. The zero-order valence-corrected chi connectivity index (χ0v) is 9.14. The highest BCUT2D eigenvalue weighted by molar-refractivity contribution is 7.80. The minimum Gasteiger partial charge on any atom is -0.392 e. The summed E-state index contributed by atoms with van der Waals surface area (Å²) in [6, 6.07) is 5.81. The van der Waals surface area contributed by atoms with Crippen molar-refractivity contribution in [2.45, 2.75) is 20.0 Å². The Kier molecular flexibility index (Phi) is 4.58. The lowest BCUT2D eigenvalue weighted by Crippen LogP contribution is -1.87. The van der Waals surface area contributed by atoms with Crippen molar-refractivity contribution in [3.63, 3.8) is 0 Å². The summed E-state index contributed by atoms with van der Waals surface area (Å²) in [5.41, 5.74) is 3.08. The number of hydrogen-bond donors (Lipinski definition) is 2. The first-order valence-corrected chi connectivity index (χ1v) is 5.21. The molecule has 0 aliphatic carbocycles. The summed E-state index contributed by atoms with van der Waals surface area (Å²) in [5, 5.41) is 8.92. The second-order valence-corrected chi connectivity index (χ2v) is 3.53. The molecule has 0 atom stereocenters. The van der Waals surface area contributed by atoms with E-state index in [1.807, 2.05) is 25.1 Å². The highest BCUT2D eigenvalue weighted by atomic mass is 32.1. The summed E-state index contributed by atoms with van der Waals surface area (Å²) >= 11 is 4.09. The van der Waals surface area contributed by atoms with Crippen molar-refractivity contribution in [2.24, 2.45) is 0 Å². The molecule has 0 heterocycles. The van der Waals surface area contributed by atoms with Crippen LogP contribution in [0.5, 0.6) is 0 Å². The molecule has 0 saturated heterocycles. The molecule has 1 aromatic rings. The molecule has 14 heavy (non-hydrogen) atoms. The molecule has 0 radical (unpaired) electrons. The molecule has 0 aromatic heterocycles. The third kappa shape index (κ3) is 3.10. The van der Waals surface area contributed by atoms with Gasteiger partial charge in [-0.15, -0.1) is 0 Å². The Hall–Kier alpha value is -0.910. The molecule has 0 fully saturated rings. The Morgan fingerprint density at radius 2 is 2.21 bits per heavy atom. The minimum absolute atomic E-state index is 0.0885. The van der Waals surface area contributed by atoms with Gasteiger partial charge in [0.25, 0.3) is 0 Å². The number of benzene rings is 1. The lowest BCUT2D eigenvalue weighted by molar-refractivity contribution is 0.282. The number of rotatable bonds is 2. The van der Waals surface area contributed by atoms with Crippen molar-refractivity contribution in [2.75, 3.05) is 5.75 Å². The molecular formula is C12H14OS. The van der Waals surface area contributed by atoms with Crippen molar-refractivity contribution >= 4 is 12.6 Å². The fourth-order valence-corrected chi connectivity index (χ4v) is 1.29. The van der Waals surface area contributed by atoms with Crippen molar-refractivity contribution in [1.82, 2.24) is 0 Å². The Morgan fingerprint density at radius 3 is 2.79 bits per heavy atom. The smallest absolute Gasteiger partial charge is 0.0681 e. The molecule has 1 rings (SSSR count). The van der Waals surface area contributed by atoms with Crippen molar-refractivity contribution in [3.8, 4) is 11.8 Å². The normalized spacial score (nSPS) is 9.36. The van der Waals surface area contributed by atoms with Crippen LogP contribution in [-0.2, 0) is 6.61 Å². The Labute approximate surface area is 90.6 Å². The van der Waals surface area contributed by atoms with Crippen LogP contribution in [0.1, 0.15) is 23.1 Å². The summed E-state index contributed by atoms with van der Waals surface area (Å²) < 4.78 is 0. The predicted molar refractivity (Wildman–Crippen MR) is 62.4 cm³/mol. The van der Waals surface area contributed by atoms with Crippen molar-refractivity contribution in [1.29, 1.82) is 0 Å². The molecular weight excluding hydrogens is 192 g/mol. The van der Waals surface area contributed by atoms with E-state index in [0.717, 1.165) is 28.9 Å². The molecule has 2 heteroatoms. The van der Waals surface area contributed by atoms with E-state index in [9.17, 15) is 0 Å². The van der Waals surface area contributed by atoms with Crippen molar-refractivity contribution < 1.29 is 5.11 Å². The number of thiol groups is 1. The second-order valence-electron chi connectivity index (χ2n) is 3.08. The molecule has 0 aliphatic rings. The van der Waals surface area contributed by atoms with E-state index in [0.29, 0.717) is 0 Å². The first-order chi connectivity index (χ1) is 6.77. The molecule has 1 N–H and O–H groups in total. The molecule has 0 spiro atoms. The molecule has 0 bridgehead atoms. The van der Waals surface area contributed by atoms with Gasteiger partial charge in [0.15, 0.2) is 0 Å². The summed E-state index contributed by atoms with van der Waals surface area (Å²) in [5.74, 6) is 6.92. The highest BCUT2D eigenvalue weighted by Gasteiger charge is 1.95. The predicted octanol–water partition coefficient (Wildman–Crippen LogP) is 2.16. The van der Waals surface area contributed by atoms with Crippen LogP contribution in [0.2, 0.25) is 0 Å². The van der Waals surface area contributed by atoms with Gasteiger partial charge in [0.1, 0.15) is 0 Å². The van der Waals surface area contributed by atoms with E-state index in [-0.39, 0.29) is 6.61 Å². The van der Waals surface area contributed by atoms with E-state index in [2.05, 4.69) is 24.5 Å². The maximum atomic E-state index is 8.92. The van der Waals surface area contributed by atoms with Gasteiger partial charge in [-0.05, 0) is 24.1 Å². The zero-order valence-electron chi connectivity index (χ0n) is 8.25. The van der Waals surface area contributed by atoms with Gasteiger partial charge in [0, 0.05) is 17.7 Å². The number of aliphatic hydroxyl groups excluding tert-OH is 1. The fraction of sp³-hybridized carbons (Fsp3) is 0.333. The van der Waals surface area contributed by atoms with E-state index in [1.165, 1.54) is 0 Å². The molecule has 0 aliphatic heterocycles. The second kappa shape index (κ2) is 5.74. The number of aryl methyl sites for hydroxylation is 1. The van der Waals surface area contributed by atoms with Crippen LogP contribution in [0.15, 0.2) is 18.2 Å². The third-order valence-corrected chi connectivity index (χ3v) is 2.16. The Morgan fingerprint density at radius 1 is 1.43 bits per heavy atom. The average Bonchev–Trinajstić information content (AvgIpc) is 2.20. The van der Waals surface area contributed by atoms with Gasteiger partial charge < -0.3 is 5.11 Å². The van der Waals surface area contributed by atoms with Crippen LogP contribution in [-0.4, -0.2) is 10.9 Å². The van der Waals surface area contributed by atoms with Crippen LogP contribution >= 0.6 is 12.6 Å². The zero-order chi connectivity index (χ0) is 10.4. The molecule has 74 valence electrons. The van der Waals surface area contributed by atoms with Gasteiger partial charge in [-0.25, -0.2) is 0 Å². The van der Waals surface area contributed by atoms with Crippen LogP contribution in [0.25, 0.3) is 0 Å². The van der Waals surface area contributed by atoms with Crippen LogP contribution < -0.4 is 0 Å². The molecule has 0 amide bonds. The Balaban J connectivity index is 2.85. The summed E-state index contributed by atoms with van der Waals surface area (Å²) in [7, 11) is 0. The van der Waals surface area contributed by atoms with Crippen LogP contribution in [0.4, 0.5) is 0 Å². The molecule has 0 unspecified atom stereocenters. The number of hydrogen-bond acceptors (Lipinski definition) is 2. The largest absolute Gasteiger partial charge is 0.392 e. The quantitative estimate of drug-likeness (QED) is 0.561. The van der Waals surface area contributed by atoms with E-state index < -0.39 is 0 Å². The van der Waals surface area contributed by atoms with Gasteiger partial charge in [-0.3, -0.25) is 0 Å². The van der Waals surface area contributed by atoms with Gasteiger partial charge in [0.2, 0.25) is 0 Å². The monoisotopic (exact) mass is 206 g/mol. The van der Waals surface area contributed by atoms with E-state index in [1.54, 1.807) is 0 Å². The lowest BCUT2D eigenvalue weighted by Gasteiger charge is -2.00. The van der Waals surface area contributed by atoms with Crippen LogP contribution in [0, 0.1) is 18.8 Å². The lowest BCUT2D eigenvalue weighted by atomic mass is 10.1. The first-order valence-electron chi connectivity index (χ1n) is 4.58.